The largest absolute Gasteiger partial charge is 0.497 e. The van der Waals surface area contributed by atoms with Gasteiger partial charge in [-0.15, -0.1) is 0 Å². The third-order valence-electron chi connectivity index (χ3n) is 3.81. The molecule has 0 aliphatic carbocycles. The number of pyridine rings is 2. The molecule has 0 radical (unpaired) electrons. The molecule has 0 atom stereocenters. The fourth-order valence-corrected chi connectivity index (χ4v) is 2.41. The summed E-state index contributed by atoms with van der Waals surface area (Å²) in [6.07, 6.45) is 4.05. The second-order valence-corrected chi connectivity index (χ2v) is 5.50. The maximum Gasteiger partial charge on any atom is 0.252 e. The first-order valence-electron chi connectivity index (χ1n) is 8.05. The molecule has 25 heavy (non-hydrogen) atoms. The molecule has 0 saturated heterocycles. The Morgan fingerprint density at radius 1 is 1.00 bits per heavy atom. The summed E-state index contributed by atoms with van der Waals surface area (Å²) >= 11 is 0. The van der Waals surface area contributed by atoms with Gasteiger partial charge in [-0.3, -0.25) is 14.8 Å². The van der Waals surface area contributed by atoms with Crippen LogP contribution in [0.2, 0.25) is 0 Å². The number of ether oxygens (including phenoxy) is 1. The summed E-state index contributed by atoms with van der Waals surface area (Å²) in [5, 5.41) is 2.91. The molecular formula is C20H19N3O2. The van der Waals surface area contributed by atoms with Gasteiger partial charge < -0.3 is 10.1 Å². The second kappa shape index (κ2) is 8.06. The highest BCUT2D eigenvalue weighted by Crippen LogP contribution is 2.14. The predicted molar refractivity (Wildman–Crippen MR) is 96.5 cm³/mol. The van der Waals surface area contributed by atoms with Crippen LogP contribution in [-0.2, 0) is 6.42 Å². The summed E-state index contributed by atoms with van der Waals surface area (Å²) in [4.78, 5) is 20.8. The molecule has 5 nitrogen and oxygen atoms in total. The molecule has 0 saturated carbocycles. The van der Waals surface area contributed by atoms with E-state index in [0.717, 1.165) is 29.1 Å². The van der Waals surface area contributed by atoms with Gasteiger partial charge >= 0.3 is 0 Å². The zero-order chi connectivity index (χ0) is 17.5. The smallest absolute Gasteiger partial charge is 0.252 e. The van der Waals surface area contributed by atoms with E-state index < -0.39 is 0 Å². The van der Waals surface area contributed by atoms with Crippen molar-refractivity contribution in [3.63, 3.8) is 0 Å². The lowest BCUT2D eigenvalue weighted by Crippen LogP contribution is -2.25. The van der Waals surface area contributed by atoms with Crippen molar-refractivity contribution in [3.8, 4) is 17.1 Å². The number of aromatic nitrogens is 2. The molecule has 2 heterocycles. The number of carbonyl (C=O) groups excluding carboxylic acids is 1. The molecule has 0 unspecified atom stereocenters. The molecule has 0 bridgehead atoms. The first-order valence-corrected chi connectivity index (χ1v) is 8.05. The minimum Gasteiger partial charge on any atom is -0.497 e. The lowest BCUT2D eigenvalue weighted by atomic mass is 10.1. The topological polar surface area (TPSA) is 64.1 Å². The van der Waals surface area contributed by atoms with E-state index in [2.05, 4.69) is 15.3 Å². The van der Waals surface area contributed by atoms with E-state index in [0.29, 0.717) is 12.1 Å². The van der Waals surface area contributed by atoms with Crippen molar-refractivity contribution in [2.45, 2.75) is 6.42 Å². The van der Waals surface area contributed by atoms with Crippen molar-refractivity contribution >= 4 is 5.91 Å². The van der Waals surface area contributed by atoms with Crippen molar-refractivity contribution in [2.75, 3.05) is 13.7 Å². The Bertz CT molecular complexity index is 816. The van der Waals surface area contributed by atoms with Crippen LogP contribution in [0, 0.1) is 0 Å². The maximum absolute atomic E-state index is 12.2. The van der Waals surface area contributed by atoms with Gasteiger partial charge in [-0.1, -0.05) is 18.2 Å². The van der Waals surface area contributed by atoms with E-state index in [1.807, 2.05) is 42.5 Å². The third-order valence-corrected chi connectivity index (χ3v) is 3.81. The first kappa shape index (κ1) is 16.6. The molecule has 1 N–H and O–H groups in total. The van der Waals surface area contributed by atoms with Gasteiger partial charge in [-0.25, -0.2) is 0 Å². The third kappa shape index (κ3) is 4.41. The lowest BCUT2D eigenvalue weighted by Gasteiger charge is -2.07. The number of carbonyl (C=O) groups is 1. The summed E-state index contributed by atoms with van der Waals surface area (Å²) in [5.41, 5.74) is 3.21. The number of amides is 1. The molecule has 0 spiro atoms. The number of hydrogen-bond donors (Lipinski definition) is 1. The van der Waals surface area contributed by atoms with Crippen LogP contribution in [0.4, 0.5) is 0 Å². The number of hydrogen-bond acceptors (Lipinski definition) is 4. The van der Waals surface area contributed by atoms with Crippen molar-refractivity contribution in [2.24, 2.45) is 0 Å². The molecular weight excluding hydrogens is 314 g/mol. The number of nitrogens with zero attached hydrogens (tertiary/aromatic N) is 2. The highest BCUT2D eigenvalue weighted by atomic mass is 16.5. The fourth-order valence-electron chi connectivity index (χ4n) is 2.41. The van der Waals surface area contributed by atoms with Crippen LogP contribution in [0.1, 0.15) is 15.9 Å². The van der Waals surface area contributed by atoms with E-state index >= 15 is 0 Å². The van der Waals surface area contributed by atoms with Crippen LogP contribution in [0.3, 0.4) is 0 Å². The van der Waals surface area contributed by atoms with Gasteiger partial charge in [0.1, 0.15) is 5.75 Å². The Labute approximate surface area is 146 Å². The number of methoxy groups -OCH3 is 1. The van der Waals surface area contributed by atoms with Crippen molar-refractivity contribution < 1.29 is 9.53 Å². The number of nitrogens with one attached hydrogen (secondary N) is 1. The van der Waals surface area contributed by atoms with E-state index in [1.54, 1.807) is 31.6 Å². The molecule has 1 amide bonds. The van der Waals surface area contributed by atoms with Gasteiger partial charge in [-0.2, -0.15) is 0 Å². The van der Waals surface area contributed by atoms with Crippen LogP contribution >= 0.6 is 0 Å². The minimum atomic E-state index is -0.131. The van der Waals surface area contributed by atoms with Gasteiger partial charge in [0.25, 0.3) is 5.91 Å². The van der Waals surface area contributed by atoms with Crippen molar-refractivity contribution in [1.82, 2.24) is 15.3 Å². The van der Waals surface area contributed by atoms with Crippen LogP contribution in [0.5, 0.6) is 5.75 Å². The second-order valence-electron chi connectivity index (χ2n) is 5.50. The Kier molecular flexibility index (Phi) is 5.36. The number of rotatable bonds is 6. The average Bonchev–Trinajstić information content (AvgIpc) is 2.69. The molecule has 1 aromatic carbocycles. The Morgan fingerprint density at radius 2 is 1.80 bits per heavy atom. The minimum absolute atomic E-state index is 0.131. The summed E-state index contributed by atoms with van der Waals surface area (Å²) in [6.45, 7) is 0.563. The molecule has 2 aromatic heterocycles. The molecule has 126 valence electrons. The average molecular weight is 333 g/mol. The van der Waals surface area contributed by atoms with Gasteiger partial charge in [0.15, 0.2) is 0 Å². The quantitative estimate of drug-likeness (QED) is 0.753. The number of benzene rings is 1. The monoisotopic (exact) mass is 333 g/mol. The molecule has 0 aliphatic rings. The van der Waals surface area contributed by atoms with Crippen LogP contribution in [0.25, 0.3) is 11.4 Å². The summed E-state index contributed by atoms with van der Waals surface area (Å²) in [7, 11) is 1.64. The van der Waals surface area contributed by atoms with Crippen molar-refractivity contribution in [3.05, 3.63) is 78.1 Å². The van der Waals surface area contributed by atoms with E-state index in [1.165, 1.54) is 0 Å². The zero-order valence-corrected chi connectivity index (χ0v) is 14.0. The predicted octanol–water partition coefficient (Wildman–Crippen LogP) is 3.12. The van der Waals surface area contributed by atoms with E-state index in [9.17, 15) is 4.79 Å². The summed E-state index contributed by atoms with van der Waals surface area (Å²) in [6, 6.07) is 17.0. The first-order chi connectivity index (χ1) is 12.3. The van der Waals surface area contributed by atoms with Crippen molar-refractivity contribution in [1.29, 1.82) is 0 Å². The van der Waals surface area contributed by atoms with E-state index in [-0.39, 0.29) is 5.91 Å². The Morgan fingerprint density at radius 3 is 2.44 bits per heavy atom. The molecule has 5 heteroatoms. The Hall–Kier alpha value is -3.21. The summed E-state index contributed by atoms with van der Waals surface area (Å²) in [5.74, 6) is 0.695. The molecule has 3 rings (SSSR count). The van der Waals surface area contributed by atoms with Crippen LogP contribution in [-0.4, -0.2) is 29.5 Å². The lowest BCUT2D eigenvalue weighted by molar-refractivity contribution is 0.0954. The fraction of sp³-hybridized carbons (Fsp3) is 0.150. The van der Waals surface area contributed by atoms with Gasteiger partial charge in [0.2, 0.25) is 0 Å². The van der Waals surface area contributed by atoms with Gasteiger partial charge in [0, 0.05) is 18.9 Å². The van der Waals surface area contributed by atoms with Crippen LogP contribution in [0.15, 0.2) is 67.0 Å². The maximum atomic E-state index is 12.2. The standard InChI is InChI=1S/C20H19N3O2/c1-25-17-8-5-15(6-9-17)11-13-22-20(24)16-7-10-19(23-14-16)18-4-2-3-12-21-18/h2-10,12,14H,11,13H2,1H3,(H,22,24). The van der Waals surface area contributed by atoms with E-state index in [4.69, 9.17) is 4.74 Å². The molecule has 3 aromatic rings. The normalized spacial score (nSPS) is 10.3. The summed E-state index contributed by atoms with van der Waals surface area (Å²) < 4.78 is 5.13. The van der Waals surface area contributed by atoms with Crippen LogP contribution < -0.4 is 10.1 Å². The van der Waals surface area contributed by atoms with Gasteiger partial charge in [0.05, 0.1) is 24.1 Å². The zero-order valence-electron chi connectivity index (χ0n) is 14.0. The Balaban J connectivity index is 1.54. The highest BCUT2D eigenvalue weighted by molar-refractivity contribution is 5.94. The highest BCUT2D eigenvalue weighted by Gasteiger charge is 2.07. The molecule has 0 fully saturated rings. The molecule has 0 aliphatic heterocycles. The van der Waals surface area contributed by atoms with Gasteiger partial charge in [-0.05, 0) is 48.4 Å². The SMILES string of the molecule is COc1ccc(CCNC(=O)c2ccc(-c3ccccn3)nc2)cc1.